The predicted molar refractivity (Wildman–Crippen MR) is 52.9 cm³/mol. The van der Waals surface area contributed by atoms with Crippen molar-refractivity contribution in [2.24, 2.45) is 5.41 Å². The van der Waals surface area contributed by atoms with Crippen LogP contribution in [0.3, 0.4) is 0 Å². The fraction of sp³-hybridized carbons (Fsp3) is 0.500. The molecule has 74 valence electrons. The lowest BCUT2D eigenvalue weighted by Crippen LogP contribution is -2.29. The van der Waals surface area contributed by atoms with Gasteiger partial charge in [-0.1, -0.05) is 13.8 Å². The zero-order chi connectivity index (χ0) is 10.3. The van der Waals surface area contributed by atoms with Crippen LogP contribution in [0.4, 0.5) is 5.82 Å². The number of anilines is 1. The maximum atomic E-state index is 11.7. The van der Waals surface area contributed by atoms with E-state index in [1.807, 2.05) is 0 Å². The Bertz CT molecular complexity index is 398. The second kappa shape index (κ2) is 2.77. The van der Waals surface area contributed by atoms with Gasteiger partial charge in [0.05, 0.1) is 11.9 Å². The topological polar surface area (TPSA) is 68.9 Å². The van der Waals surface area contributed by atoms with Crippen molar-refractivity contribution in [1.82, 2.24) is 9.97 Å². The minimum Gasteiger partial charge on any atom is -0.382 e. The Kier molecular flexibility index (Phi) is 1.80. The highest BCUT2D eigenvalue weighted by atomic mass is 16.1. The van der Waals surface area contributed by atoms with Crippen LogP contribution in [0.2, 0.25) is 0 Å². The number of nitrogens with two attached hydrogens (primary N) is 1. The van der Waals surface area contributed by atoms with Crippen molar-refractivity contribution in [2.75, 3.05) is 5.73 Å². The number of nitrogens with zero attached hydrogens (tertiary/aromatic N) is 2. The molecule has 1 aliphatic carbocycles. The van der Waals surface area contributed by atoms with Crippen LogP contribution in [-0.4, -0.2) is 15.8 Å². The second-order valence-corrected chi connectivity index (χ2v) is 4.53. The number of fused-ring (bicyclic) bond motifs is 1. The lowest BCUT2D eigenvalue weighted by molar-refractivity contribution is 0.0904. The zero-order valence-corrected chi connectivity index (χ0v) is 8.37. The van der Waals surface area contributed by atoms with Crippen LogP contribution in [-0.2, 0) is 6.42 Å². The van der Waals surface area contributed by atoms with E-state index >= 15 is 0 Å². The molecule has 1 aromatic rings. The van der Waals surface area contributed by atoms with Gasteiger partial charge in [0.1, 0.15) is 11.5 Å². The van der Waals surface area contributed by atoms with Crippen molar-refractivity contribution in [3.63, 3.8) is 0 Å². The van der Waals surface area contributed by atoms with Gasteiger partial charge in [0, 0.05) is 6.42 Å². The molecule has 4 nitrogen and oxygen atoms in total. The van der Waals surface area contributed by atoms with Crippen molar-refractivity contribution in [2.45, 2.75) is 26.7 Å². The molecule has 4 heteroatoms. The highest BCUT2D eigenvalue weighted by Crippen LogP contribution is 2.32. The Morgan fingerprint density at radius 2 is 2.14 bits per heavy atom. The summed E-state index contributed by atoms with van der Waals surface area (Å²) >= 11 is 0. The van der Waals surface area contributed by atoms with Crippen LogP contribution in [0, 0.1) is 5.41 Å². The summed E-state index contributed by atoms with van der Waals surface area (Å²) in [5.74, 6) is 0.456. The molecule has 2 rings (SSSR count). The second-order valence-electron chi connectivity index (χ2n) is 4.53. The number of ketones is 1. The fourth-order valence-corrected chi connectivity index (χ4v) is 1.83. The molecule has 0 amide bonds. The first-order valence-corrected chi connectivity index (χ1v) is 4.62. The zero-order valence-electron chi connectivity index (χ0n) is 8.37. The van der Waals surface area contributed by atoms with Crippen LogP contribution in [0.25, 0.3) is 0 Å². The van der Waals surface area contributed by atoms with Crippen LogP contribution in [0.1, 0.15) is 36.5 Å². The Balaban J connectivity index is 2.51. The summed E-state index contributed by atoms with van der Waals surface area (Å²) in [5.41, 5.74) is 6.75. The number of hydrogen-bond acceptors (Lipinski definition) is 4. The number of aromatic nitrogens is 2. The van der Waals surface area contributed by atoms with E-state index in [2.05, 4.69) is 23.8 Å². The van der Waals surface area contributed by atoms with Gasteiger partial charge in [0.25, 0.3) is 0 Å². The molecule has 0 aromatic carbocycles. The molecule has 1 aliphatic rings. The molecular formula is C10H13N3O. The van der Waals surface area contributed by atoms with E-state index in [0.717, 1.165) is 12.1 Å². The first-order valence-electron chi connectivity index (χ1n) is 4.62. The molecule has 0 aliphatic heterocycles. The third-order valence-electron chi connectivity index (χ3n) is 2.41. The van der Waals surface area contributed by atoms with Crippen molar-refractivity contribution in [1.29, 1.82) is 0 Å². The molecule has 0 fully saturated rings. The van der Waals surface area contributed by atoms with E-state index in [1.54, 1.807) is 0 Å². The minimum atomic E-state index is -0.0213. The van der Waals surface area contributed by atoms with E-state index in [1.165, 1.54) is 6.20 Å². The van der Waals surface area contributed by atoms with Crippen LogP contribution < -0.4 is 5.73 Å². The molecule has 1 aromatic heterocycles. The van der Waals surface area contributed by atoms with Crippen LogP contribution in [0.5, 0.6) is 0 Å². The van der Waals surface area contributed by atoms with Gasteiger partial charge in [-0.15, -0.1) is 0 Å². The summed E-state index contributed by atoms with van der Waals surface area (Å²) in [6, 6.07) is 0. The van der Waals surface area contributed by atoms with Gasteiger partial charge < -0.3 is 5.73 Å². The van der Waals surface area contributed by atoms with Crippen molar-refractivity contribution in [3.8, 4) is 0 Å². The van der Waals surface area contributed by atoms with E-state index in [9.17, 15) is 4.79 Å². The fourth-order valence-electron chi connectivity index (χ4n) is 1.83. The molecule has 0 bridgehead atoms. The maximum absolute atomic E-state index is 11.7. The molecule has 0 saturated heterocycles. The van der Waals surface area contributed by atoms with Crippen LogP contribution >= 0.6 is 0 Å². The smallest absolute Gasteiger partial charge is 0.183 e. The number of carbonyl (C=O) groups excluding carboxylic acids is 1. The van der Waals surface area contributed by atoms with Gasteiger partial charge in [-0.05, 0) is 11.8 Å². The standard InChI is InChI=1S/C10H13N3O/c1-10(2)3-6-9(7(14)4-10)12-5-8(11)13-6/h5H,3-4H2,1-2H3,(H2,11,13). The van der Waals surface area contributed by atoms with Gasteiger partial charge >= 0.3 is 0 Å². The van der Waals surface area contributed by atoms with Gasteiger partial charge in [-0.25, -0.2) is 9.97 Å². The predicted octanol–water partition coefficient (Wildman–Crippen LogP) is 1.21. The van der Waals surface area contributed by atoms with Gasteiger partial charge in [0.2, 0.25) is 0 Å². The van der Waals surface area contributed by atoms with Crippen molar-refractivity contribution >= 4 is 11.6 Å². The molecular weight excluding hydrogens is 178 g/mol. The number of Topliss-reactive ketones (excluding diaryl/α,β-unsaturated/α-hetero) is 1. The molecule has 0 saturated carbocycles. The Hall–Kier alpha value is -1.45. The van der Waals surface area contributed by atoms with E-state index in [4.69, 9.17) is 5.73 Å². The van der Waals surface area contributed by atoms with E-state index < -0.39 is 0 Å². The molecule has 2 N–H and O–H groups in total. The molecule has 14 heavy (non-hydrogen) atoms. The normalized spacial score (nSPS) is 19.1. The van der Waals surface area contributed by atoms with Gasteiger partial charge in [-0.3, -0.25) is 4.79 Å². The van der Waals surface area contributed by atoms with Gasteiger partial charge in [0.15, 0.2) is 5.78 Å². The molecule has 0 unspecified atom stereocenters. The highest BCUT2D eigenvalue weighted by molar-refractivity contribution is 5.96. The van der Waals surface area contributed by atoms with Crippen LogP contribution in [0.15, 0.2) is 6.20 Å². The summed E-state index contributed by atoms with van der Waals surface area (Å²) in [5, 5.41) is 0. The summed E-state index contributed by atoms with van der Waals surface area (Å²) in [7, 11) is 0. The summed E-state index contributed by atoms with van der Waals surface area (Å²) in [4.78, 5) is 19.9. The largest absolute Gasteiger partial charge is 0.382 e. The lowest BCUT2D eigenvalue weighted by Gasteiger charge is -2.28. The monoisotopic (exact) mass is 191 g/mol. The average Bonchev–Trinajstić information content (AvgIpc) is 2.00. The number of hydrogen-bond donors (Lipinski definition) is 1. The molecule has 1 heterocycles. The Morgan fingerprint density at radius 3 is 2.86 bits per heavy atom. The first-order chi connectivity index (χ1) is 6.48. The number of rotatable bonds is 0. The quantitative estimate of drug-likeness (QED) is 0.669. The minimum absolute atomic E-state index is 0.0213. The average molecular weight is 191 g/mol. The van der Waals surface area contributed by atoms with Gasteiger partial charge in [-0.2, -0.15) is 0 Å². The summed E-state index contributed by atoms with van der Waals surface area (Å²) in [6.07, 6.45) is 2.75. The lowest BCUT2D eigenvalue weighted by atomic mass is 9.77. The highest BCUT2D eigenvalue weighted by Gasteiger charge is 2.32. The summed E-state index contributed by atoms with van der Waals surface area (Å²) in [6.45, 7) is 4.11. The van der Waals surface area contributed by atoms with E-state index in [0.29, 0.717) is 17.9 Å². The third kappa shape index (κ3) is 1.47. The Labute approximate surface area is 82.6 Å². The van der Waals surface area contributed by atoms with E-state index in [-0.39, 0.29) is 11.2 Å². The third-order valence-corrected chi connectivity index (χ3v) is 2.41. The molecule has 0 radical (unpaired) electrons. The Morgan fingerprint density at radius 1 is 1.43 bits per heavy atom. The molecule has 0 atom stereocenters. The number of nitrogen functional groups attached to an aromatic ring is 1. The summed E-state index contributed by atoms with van der Waals surface area (Å²) < 4.78 is 0. The van der Waals surface area contributed by atoms with Crippen molar-refractivity contribution < 1.29 is 4.79 Å². The van der Waals surface area contributed by atoms with Crippen molar-refractivity contribution in [3.05, 3.63) is 17.6 Å². The SMILES string of the molecule is CC1(C)CC(=O)c2ncc(N)nc2C1. The molecule has 0 spiro atoms. The maximum Gasteiger partial charge on any atom is 0.183 e. The number of carbonyl (C=O) groups is 1. The first kappa shape index (κ1) is 9.12.